The molecule has 0 atom stereocenters. The Kier molecular flexibility index (Phi) is 3.98. The number of nitrogens with zero attached hydrogens (tertiary/aromatic N) is 2. The molecule has 0 unspecified atom stereocenters. The Labute approximate surface area is 136 Å². The standard InChI is InChI=1S/C18H23N3O2/c1-18(2,3)16-15(17(23)19-12-9-14(22)10-12)11-21(20-16)13-7-5-4-6-8-13/h4-8,11-12,14,22H,9-10H2,1-3H3,(H,19,23). The Hall–Kier alpha value is -2.14. The van der Waals surface area contributed by atoms with Crippen molar-refractivity contribution in [3.8, 4) is 5.69 Å². The van der Waals surface area contributed by atoms with E-state index < -0.39 is 0 Å². The Morgan fingerprint density at radius 3 is 2.48 bits per heavy atom. The normalized spacial score (nSPS) is 20.9. The van der Waals surface area contributed by atoms with Crippen LogP contribution in [0.25, 0.3) is 5.69 Å². The van der Waals surface area contributed by atoms with Gasteiger partial charge in [0.25, 0.3) is 5.91 Å². The molecule has 5 heteroatoms. The smallest absolute Gasteiger partial charge is 0.255 e. The maximum atomic E-state index is 12.6. The minimum Gasteiger partial charge on any atom is -0.393 e. The van der Waals surface area contributed by atoms with Crippen LogP contribution in [0.15, 0.2) is 36.5 Å². The van der Waals surface area contributed by atoms with E-state index in [9.17, 15) is 9.90 Å². The monoisotopic (exact) mass is 313 g/mol. The molecule has 0 bridgehead atoms. The van der Waals surface area contributed by atoms with Crippen molar-refractivity contribution in [2.24, 2.45) is 0 Å². The molecule has 1 saturated carbocycles. The molecular formula is C18H23N3O2. The molecule has 1 amide bonds. The number of nitrogens with one attached hydrogen (secondary N) is 1. The van der Waals surface area contributed by atoms with Crippen LogP contribution in [0.4, 0.5) is 0 Å². The second-order valence-corrected chi connectivity index (χ2v) is 7.22. The molecule has 23 heavy (non-hydrogen) atoms. The zero-order chi connectivity index (χ0) is 16.6. The van der Waals surface area contributed by atoms with Crippen LogP contribution in [0.2, 0.25) is 0 Å². The lowest BCUT2D eigenvalue weighted by molar-refractivity contribution is 0.0562. The van der Waals surface area contributed by atoms with Crippen LogP contribution in [0, 0.1) is 0 Å². The van der Waals surface area contributed by atoms with Gasteiger partial charge in [0.2, 0.25) is 0 Å². The summed E-state index contributed by atoms with van der Waals surface area (Å²) >= 11 is 0. The van der Waals surface area contributed by atoms with Crippen LogP contribution in [0.1, 0.15) is 49.7 Å². The van der Waals surface area contributed by atoms with Crippen molar-refractivity contribution < 1.29 is 9.90 Å². The number of rotatable bonds is 3. The summed E-state index contributed by atoms with van der Waals surface area (Å²) in [5.74, 6) is -0.117. The Balaban J connectivity index is 1.91. The largest absolute Gasteiger partial charge is 0.393 e. The maximum Gasteiger partial charge on any atom is 0.255 e. The van der Waals surface area contributed by atoms with Crippen LogP contribution < -0.4 is 5.32 Å². The number of carbonyl (C=O) groups excluding carboxylic acids is 1. The van der Waals surface area contributed by atoms with Gasteiger partial charge in [0.05, 0.1) is 23.0 Å². The van der Waals surface area contributed by atoms with E-state index in [1.54, 1.807) is 10.9 Å². The minimum atomic E-state index is -0.283. The van der Waals surface area contributed by atoms with Gasteiger partial charge in [0.15, 0.2) is 0 Å². The van der Waals surface area contributed by atoms with Gasteiger partial charge in [-0.1, -0.05) is 39.0 Å². The van der Waals surface area contributed by atoms with Gasteiger partial charge >= 0.3 is 0 Å². The van der Waals surface area contributed by atoms with Crippen molar-refractivity contribution in [3.05, 3.63) is 47.8 Å². The van der Waals surface area contributed by atoms with Gasteiger partial charge in [-0.15, -0.1) is 0 Å². The first kappa shape index (κ1) is 15.7. The highest BCUT2D eigenvalue weighted by molar-refractivity contribution is 5.95. The third-order valence-electron chi connectivity index (χ3n) is 4.14. The van der Waals surface area contributed by atoms with Crippen molar-refractivity contribution in [1.82, 2.24) is 15.1 Å². The van der Waals surface area contributed by atoms with E-state index in [1.807, 2.05) is 30.3 Å². The van der Waals surface area contributed by atoms with Crippen molar-refractivity contribution in [3.63, 3.8) is 0 Å². The molecule has 5 nitrogen and oxygen atoms in total. The van der Waals surface area contributed by atoms with Gasteiger partial charge in [0.1, 0.15) is 0 Å². The molecule has 2 N–H and O–H groups in total. The number of amides is 1. The molecular weight excluding hydrogens is 290 g/mol. The lowest BCUT2D eigenvalue weighted by atomic mass is 9.87. The Morgan fingerprint density at radius 2 is 1.91 bits per heavy atom. The predicted molar refractivity (Wildman–Crippen MR) is 88.8 cm³/mol. The minimum absolute atomic E-state index is 0.0605. The molecule has 3 rings (SSSR count). The topological polar surface area (TPSA) is 67.2 Å². The zero-order valence-electron chi connectivity index (χ0n) is 13.8. The number of hydrogen-bond acceptors (Lipinski definition) is 3. The molecule has 0 saturated heterocycles. The van der Waals surface area contributed by atoms with Crippen molar-refractivity contribution in [1.29, 1.82) is 0 Å². The van der Waals surface area contributed by atoms with Crippen molar-refractivity contribution >= 4 is 5.91 Å². The van der Waals surface area contributed by atoms with E-state index in [0.717, 1.165) is 11.4 Å². The Bertz CT molecular complexity index is 695. The van der Waals surface area contributed by atoms with Crippen LogP contribution in [0.3, 0.4) is 0 Å². The van der Waals surface area contributed by atoms with Crippen LogP contribution in [-0.2, 0) is 5.41 Å². The molecule has 1 aromatic carbocycles. The molecule has 0 aliphatic heterocycles. The second kappa shape index (κ2) is 5.81. The molecule has 122 valence electrons. The first-order chi connectivity index (χ1) is 10.8. The van der Waals surface area contributed by atoms with Crippen LogP contribution in [0.5, 0.6) is 0 Å². The van der Waals surface area contributed by atoms with Gasteiger partial charge in [-0.2, -0.15) is 5.10 Å². The molecule has 2 aromatic rings. The molecule has 0 radical (unpaired) electrons. The van der Waals surface area contributed by atoms with Crippen molar-refractivity contribution in [2.45, 2.75) is 51.2 Å². The number of aliphatic hydroxyl groups excluding tert-OH is 1. The van der Waals surface area contributed by atoms with Gasteiger partial charge < -0.3 is 10.4 Å². The van der Waals surface area contributed by atoms with Crippen LogP contribution >= 0.6 is 0 Å². The lowest BCUT2D eigenvalue weighted by Crippen LogP contribution is -2.47. The number of aliphatic hydroxyl groups is 1. The number of benzene rings is 1. The van der Waals surface area contributed by atoms with Crippen molar-refractivity contribution in [2.75, 3.05) is 0 Å². The highest BCUT2D eigenvalue weighted by atomic mass is 16.3. The number of carbonyl (C=O) groups is 1. The Morgan fingerprint density at radius 1 is 1.26 bits per heavy atom. The fourth-order valence-corrected chi connectivity index (χ4v) is 2.78. The third kappa shape index (κ3) is 3.29. The SMILES string of the molecule is CC(C)(C)c1nn(-c2ccccc2)cc1C(=O)NC1CC(O)C1. The maximum absolute atomic E-state index is 12.6. The summed E-state index contributed by atoms with van der Waals surface area (Å²) in [7, 11) is 0. The average Bonchev–Trinajstić information content (AvgIpc) is 2.92. The summed E-state index contributed by atoms with van der Waals surface area (Å²) < 4.78 is 1.76. The summed E-state index contributed by atoms with van der Waals surface area (Å²) in [4.78, 5) is 12.6. The van der Waals surface area contributed by atoms with Crippen LogP contribution in [-0.4, -0.2) is 32.9 Å². The second-order valence-electron chi connectivity index (χ2n) is 7.22. The lowest BCUT2D eigenvalue weighted by Gasteiger charge is -2.32. The fourth-order valence-electron chi connectivity index (χ4n) is 2.78. The van der Waals surface area contributed by atoms with Gasteiger partial charge in [-0.05, 0) is 25.0 Å². The summed E-state index contributed by atoms with van der Waals surface area (Å²) in [5, 5.41) is 17.0. The van der Waals surface area contributed by atoms with E-state index in [4.69, 9.17) is 0 Å². The molecule has 1 aromatic heterocycles. The first-order valence-corrected chi connectivity index (χ1v) is 7.99. The van der Waals surface area contributed by atoms with E-state index in [2.05, 4.69) is 31.2 Å². The molecule has 1 aliphatic rings. The highest BCUT2D eigenvalue weighted by Gasteiger charge is 2.32. The van der Waals surface area contributed by atoms with Gasteiger partial charge in [0, 0.05) is 17.7 Å². The third-order valence-corrected chi connectivity index (χ3v) is 4.14. The van der Waals surface area contributed by atoms with E-state index in [1.165, 1.54) is 0 Å². The predicted octanol–water partition coefficient (Wildman–Crippen LogP) is 2.42. The number of hydrogen-bond donors (Lipinski definition) is 2. The molecule has 1 heterocycles. The zero-order valence-corrected chi connectivity index (χ0v) is 13.8. The summed E-state index contributed by atoms with van der Waals surface area (Å²) in [6.45, 7) is 6.15. The average molecular weight is 313 g/mol. The summed E-state index contributed by atoms with van der Waals surface area (Å²) in [5.41, 5.74) is 2.07. The van der Waals surface area contributed by atoms with E-state index >= 15 is 0 Å². The molecule has 1 aliphatic carbocycles. The van der Waals surface area contributed by atoms with E-state index in [-0.39, 0.29) is 23.5 Å². The number of para-hydroxylation sites is 1. The molecule has 0 spiro atoms. The quantitative estimate of drug-likeness (QED) is 0.914. The number of aromatic nitrogens is 2. The summed E-state index contributed by atoms with van der Waals surface area (Å²) in [6, 6.07) is 9.83. The van der Waals surface area contributed by atoms with Gasteiger partial charge in [-0.3, -0.25) is 4.79 Å². The van der Waals surface area contributed by atoms with E-state index in [0.29, 0.717) is 18.4 Å². The fraction of sp³-hybridized carbons (Fsp3) is 0.444. The molecule has 1 fully saturated rings. The summed E-state index contributed by atoms with van der Waals surface area (Å²) in [6.07, 6.45) is 2.77. The highest BCUT2D eigenvalue weighted by Crippen LogP contribution is 2.27. The van der Waals surface area contributed by atoms with Gasteiger partial charge in [-0.25, -0.2) is 4.68 Å². The first-order valence-electron chi connectivity index (χ1n) is 7.99.